The lowest BCUT2D eigenvalue weighted by Gasteiger charge is -2.10. The van der Waals surface area contributed by atoms with Crippen LogP contribution in [0.5, 0.6) is 5.75 Å². The predicted octanol–water partition coefficient (Wildman–Crippen LogP) is 3.05. The average Bonchev–Trinajstić information content (AvgIpc) is 2.20. The molecule has 1 aromatic carbocycles. The Hall–Kier alpha value is -1.29. The molecule has 3 nitrogen and oxygen atoms in total. The summed E-state index contributed by atoms with van der Waals surface area (Å²) in [7, 11) is 1.37. The molecule has 0 spiro atoms. The quantitative estimate of drug-likeness (QED) is 0.769. The van der Waals surface area contributed by atoms with Crippen molar-refractivity contribution in [2.24, 2.45) is 0 Å². The monoisotopic (exact) mass is 246 g/mol. The van der Waals surface area contributed by atoms with Crippen molar-refractivity contribution in [3.05, 3.63) is 28.5 Å². The van der Waals surface area contributed by atoms with Gasteiger partial charge in [-0.1, -0.05) is 11.6 Å². The van der Waals surface area contributed by atoms with Crippen LogP contribution in [0.1, 0.15) is 24.2 Å². The Balaban J connectivity index is 3.07. The Morgan fingerprint density at radius 2 is 2.06 bits per heavy atom. The fourth-order valence-corrected chi connectivity index (χ4v) is 1.37. The van der Waals surface area contributed by atoms with Gasteiger partial charge in [0.25, 0.3) is 0 Å². The molecule has 0 aromatic heterocycles. The van der Waals surface area contributed by atoms with E-state index in [-0.39, 0.29) is 22.4 Å². The third kappa shape index (κ3) is 2.64. The van der Waals surface area contributed by atoms with Gasteiger partial charge in [0, 0.05) is 0 Å². The zero-order valence-electron chi connectivity index (χ0n) is 9.21. The van der Waals surface area contributed by atoms with Gasteiger partial charge in [-0.2, -0.15) is 0 Å². The Labute approximate surface area is 98.1 Å². The van der Waals surface area contributed by atoms with Crippen molar-refractivity contribution in [2.75, 3.05) is 7.11 Å². The Bertz CT molecular complexity index is 404. The smallest absolute Gasteiger partial charge is 0.341 e. The topological polar surface area (TPSA) is 35.5 Å². The second-order valence-electron chi connectivity index (χ2n) is 3.40. The standard InChI is InChI=1S/C11H12ClFO3/c1-6(2)16-11(14)7-4-5-8(15-3)9(12)10(7)13/h4-6H,1-3H3. The molecule has 0 aliphatic rings. The van der Waals surface area contributed by atoms with E-state index in [1.165, 1.54) is 19.2 Å². The van der Waals surface area contributed by atoms with Crippen LogP contribution in [0.2, 0.25) is 5.02 Å². The van der Waals surface area contributed by atoms with E-state index in [1.54, 1.807) is 13.8 Å². The van der Waals surface area contributed by atoms with Gasteiger partial charge in [0.05, 0.1) is 18.8 Å². The van der Waals surface area contributed by atoms with Crippen LogP contribution in [-0.4, -0.2) is 19.2 Å². The highest BCUT2D eigenvalue weighted by atomic mass is 35.5. The minimum absolute atomic E-state index is 0.181. The molecule has 5 heteroatoms. The van der Waals surface area contributed by atoms with Gasteiger partial charge in [0.1, 0.15) is 10.8 Å². The summed E-state index contributed by atoms with van der Waals surface area (Å²) in [5, 5.41) is -0.222. The largest absolute Gasteiger partial charge is 0.495 e. The fourth-order valence-electron chi connectivity index (χ4n) is 1.12. The molecule has 0 unspecified atom stereocenters. The van der Waals surface area contributed by atoms with E-state index >= 15 is 0 Å². The molecule has 0 N–H and O–H groups in total. The molecule has 0 heterocycles. The molecule has 0 saturated heterocycles. The third-order valence-electron chi connectivity index (χ3n) is 1.83. The lowest BCUT2D eigenvalue weighted by molar-refractivity contribution is 0.0372. The molecule has 1 rings (SSSR count). The maximum atomic E-state index is 13.6. The van der Waals surface area contributed by atoms with Gasteiger partial charge < -0.3 is 9.47 Å². The number of methoxy groups -OCH3 is 1. The Kier molecular flexibility index (Phi) is 4.12. The van der Waals surface area contributed by atoms with Crippen molar-refractivity contribution in [3.63, 3.8) is 0 Å². The summed E-state index contributed by atoms with van der Waals surface area (Å²) < 4.78 is 23.3. The summed E-state index contributed by atoms with van der Waals surface area (Å²) in [5.41, 5.74) is -0.195. The number of benzene rings is 1. The fraction of sp³-hybridized carbons (Fsp3) is 0.364. The molecular formula is C11H12ClFO3. The van der Waals surface area contributed by atoms with Crippen molar-refractivity contribution in [1.82, 2.24) is 0 Å². The van der Waals surface area contributed by atoms with Crippen LogP contribution in [0, 0.1) is 5.82 Å². The molecular weight excluding hydrogens is 235 g/mol. The first-order valence-corrected chi connectivity index (χ1v) is 5.08. The van der Waals surface area contributed by atoms with Gasteiger partial charge in [-0.25, -0.2) is 9.18 Å². The summed E-state index contributed by atoms with van der Waals surface area (Å²) in [6.45, 7) is 3.36. The molecule has 0 radical (unpaired) electrons. The van der Waals surface area contributed by atoms with Crippen LogP contribution >= 0.6 is 11.6 Å². The number of rotatable bonds is 3. The second-order valence-corrected chi connectivity index (χ2v) is 3.78. The highest BCUT2D eigenvalue weighted by molar-refractivity contribution is 6.32. The minimum atomic E-state index is -0.827. The minimum Gasteiger partial charge on any atom is -0.495 e. The lowest BCUT2D eigenvalue weighted by atomic mass is 10.2. The van der Waals surface area contributed by atoms with E-state index in [9.17, 15) is 9.18 Å². The summed E-state index contributed by atoms with van der Waals surface area (Å²) in [6.07, 6.45) is -0.312. The van der Waals surface area contributed by atoms with E-state index in [2.05, 4.69) is 0 Å². The number of carbonyl (C=O) groups excluding carboxylic acids is 1. The van der Waals surface area contributed by atoms with Crippen LogP contribution in [0.3, 0.4) is 0 Å². The first kappa shape index (κ1) is 12.8. The van der Waals surface area contributed by atoms with Crippen molar-refractivity contribution >= 4 is 17.6 Å². The van der Waals surface area contributed by atoms with Crippen LogP contribution in [0.25, 0.3) is 0 Å². The van der Waals surface area contributed by atoms with Crippen molar-refractivity contribution in [3.8, 4) is 5.75 Å². The van der Waals surface area contributed by atoms with Gasteiger partial charge >= 0.3 is 5.97 Å². The molecule has 0 amide bonds. The van der Waals surface area contributed by atoms with Crippen LogP contribution in [0.4, 0.5) is 4.39 Å². The van der Waals surface area contributed by atoms with Gasteiger partial charge in [-0.3, -0.25) is 0 Å². The van der Waals surface area contributed by atoms with Gasteiger partial charge in [-0.15, -0.1) is 0 Å². The Morgan fingerprint density at radius 1 is 1.44 bits per heavy atom. The Morgan fingerprint density at radius 3 is 2.56 bits per heavy atom. The van der Waals surface area contributed by atoms with E-state index in [0.717, 1.165) is 0 Å². The van der Waals surface area contributed by atoms with Crippen LogP contribution < -0.4 is 4.74 Å². The van der Waals surface area contributed by atoms with Gasteiger partial charge in [-0.05, 0) is 26.0 Å². The first-order valence-electron chi connectivity index (χ1n) is 4.70. The molecule has 16 heavy (non-hydrogen) atoms. The molecule has 0 aliphatic heterocycles. The second kappa shape index (κ2) is 5.16. The van der Waals surface area contributed by atoms with Crippen molar-refractivity contribution < 1.29 is 18.7 Å². The zero-order chi connectivity index (χ0) is 12.3. The number of hydrogen-bond donors (Lipinski definition) is 0. The van der Waals surface area contributed by atoms with Crippen molar-refractivity contribution in [2.45, 2.75) is 20.0 Å². The zero-order valence-corrected chi connectivity index (χ0v) is 9.97. The normalized spacial score (nSPS) is 10.4. The predicted molar refractivity (Wildman–Crippen MR) is 58.5 cm³/mol. The summed E-state index contributed by atoms with van der Waals surface area (Å²) in [5.74, 6) is -1.39. The first-order chi connectivity index (χ1) is 7.47. The number of halogens is 2. The highest BCUT2D eigenvalue weighted by Crippen LogP contribution is 2.29. The average molecular weight is 247 g/mol. The number of hydrogen-bond acceptors (Lipinski definition) is 3. The van der Waals surface area contributed by atoms with Crippen molar-refractivity contribution in [1.29, 1.82) is 0 Å². The van der Waals surface area contributed by atoms with Gasteiger partial charge in [0.15, 0.2) is 5.82 Å². The molecule has 0 fully saturated rings. The summed E-state index contributed by atoms with van der Waals surface area (Å²) in [4.78, 5) is 11.5. The maximum absolute atomic E-state index is 13.6. The molecule has 0 aliphatic carbocycles. The molecule has 1 aromatic rings. The van der Waals surface area contributed by atoms with Crippen LogP contribution in [-0.2, 0) is 4.74 Å². The number of carbonyl (C=O) groups is 1. The maximum Gasteiger partial charge on any atom is 0.341 e. The third-order valence-corrected chi connectivity index (χ3v) is 2.18. The summed E-state index contributed by atoms with van der Waals surface area (Å²) >= 11 is 5.67. The molecule has 88 valence electrons. The highest BCUT2D eigenvalue weighted by Gasteiger charge is 2.19. The molecule has 0 atom stereocenters. The molecule has 0 saturated carbocycles. The molecule has 0 bridgehead atoms. The lowest BCUT2D eigenvalue weighted by Crippen LogP contribution is -2.13. The summed E-state index contributed by atoms with van der Waals surface area (Å²) in [6, 6.07) is 2.70. The van der Waals surface area contributed by atoms with Gasteiger partial charge in [0.2, 0.25) is 0 Å². The van der Waals surface area contributed by atoms with E-state index in [1.807, 2.05) is 0 Å². The van der Waals surface area contributed by atoms with E-state index in [4.69, 9.17) is 21.1 Å². The van der Waals surface area contributed by atoms with E-state index in [0.29, 0.717) is 0 Å². The van der Waals surface area contributed by atoms with Crippen LogP contribution in [0.15, 0.2) is 12.1 Å². The number of ether oxygens (including phenoxy) is 2. The number of esters is 1. The SMILES string of the molecule is COc1ccc(C(=O)OC(C)C)c(F)c1Cl. The van der Waals surface area contributed by atoms with E-state index < -0.39 is 11.8 Å².